The molecule has 120 valence electrons. The minimum atomic E-state index is 0.120. The Morgan fingerprint density at radius 2 is 2.09 bits per heavy atom. The number of aromatic nitrogens is 2. The summed E-state index contributed by atoms with van der Waals surface area (Å²) in [5.41, 5.74) is 1.92. The molecule has 1 saturated carbocycles. The van der Waals surface area contributed by atoms with Crippen molar-refractivity contribution < 1.29 is 10.0 Å². The quantitative estimate of drug-likeness (QED) is 0.598. The third-order valence-electron chi connectivity index (χ3n) is 4.77. The first kappa shape index (κ1) is 15.6. The summed E-state index contributed by atoms with van der Waals surface area (Å²) in [5, 5.41) is 19.9. The van der Waals surface area contributed by atoms with Crippen LogP contribution in [-0.2, 0) is 0 Å². The van der Waals surface area contributed by atoms with E-state index in [9.17, 15) is 10.4 Å². The van der Waals surface area contributed by atoms with Crippen LogP contribution < -0.4 is 4.90 Å². The van der Waals surface area contributed by atoms with Crippen LogP contribution >= 0.6 is 0 Å². The molecule has 1 unspecified atom stereocenters. The van der Waals surface area contributed by atoms with Crippen molar-refractivity contribution in [2.45, 2.75) is 38.1 Å². The molecule has 0 amide bonds. The Morgan fingerprint density at radius 3 is 2.78 bits per heavy atom. The van der Waals surface area contributed by atoms with E-state index in [1.807, 2.05) is 24.3 Å². The molecule has 23 heavy (non-hydrogen) atoms. The lowest BCUT2D eigenvalue weighted by molar-refractivity contribution is -0.903. The number of aliphatic hydroxyl groups is 1. The third-order valence-corrected chi connectivity index (χ3v) is 4.77. The van der Waals surface area contributed by atoms with Crippen LogP contribution in [0.3, 0.4) is 0 Å². The second-order valence-corrected chi connectivity index (χ2v) is 6.39. The molecule has 5 heteroatoms. The van der Waals surface area contributed by atoms with Crippen molar-refractivity contribution in [1.29, 1.82) is 5.26 Å². The summed E-state index contributed by atoms with van der Waals surface area (Å²) in [6.07, 6.45) is 6.24. The van der Waals surface area contributed by atoms with Crippen molar-refractivity contribution in [3.05, 3.63) is 35.8 Å². The van der Waals surface area contributed by atoms with Gasteiger partial charge in [0.05, 0.1) is 24.1 Å². The molecule has 3 N–H and O–H groups in total. The summed E-state index contributed by atoms with van der Waals surface area (Å²) in [6.45, 7) is 0.463. The van der Waals surface area contributed by atoms with Gasteiger partial charge in [-0.05, 0) is 37.8 Å². The zero-order valence-corrected chi connectivity index (χ0v) is 13.5. The number of aliphatic hydroxyl groups excluding tert-OH is 1. The fourth-order valence-electron chi connectivity index (χ4n) is 3.42. The smallest absolute Gasteiger partial charge is 0.169 e. The number of benzene rings is 1. The van der Waals surface area contributed by atoms with Gasteiger partial charge >= 0.3 is 0 Å². The number of hydrogen-bond acceptors (Lipinski definition) is 3. The van der Waals surface area contributed by atoms with Crippen molar-refractivity contribution in [2.24, 2.45) is 0 Å². The molecule has 0 saturated heterocycles. The zero-order valence-electron chi connectivity index (χ0n) is 13.5. The highest BCUT2D eigenvalue weighted by atomic mass is 16.3. The maximum absolute atomic E-state index is 10.5. The SMILES string of the molecule is C[NH+](CC(O)=C(C#N)c1nc2ccccc2[nH]1)C1CCCCC1. The van der Waals surface area contributed by atoms with Crippen LogP contribution in [0.5, 0.6) is 0 Å². The molecule has 1 heterocycles. The van der Waals surface area contributed by atoms with Crippen LogP contribution in [-0.4, -0.2) is 34.7 Å². The highest BCUT2D eigenvalue weighted by molar-refractivity contribution is 5.82. The van der Waals surface area contributed by atoms with Crippen molar-refractivity contribution in [3.63, 3.8) is 0 Å². The summed E-state index contributed by atoms with van der Waals surface area (Å²) < 4.78 is 0. The van der Waals surface area contributed by atoms with Gasteiger partial charge in [-0.25, -0.2) is 4.98 Å². The number of allylic oxidation sites excluding steroid dienone is 1. The Labute approximate surface area is 136 Å². The van der Waals surface area contributed by atoms with Crippen LogP contribution in [0, 0.1) is 11.3 Å². The molecule has 5 nitrogen and oxygen atoms in total. The van der Waals surface area contributed by atoms with Crippen LogP contribution in [0.4, 0.5) is 0 Å². The number of nitriles is 1. The van der Waals surface area contributed by atoms with E-state index >= 15 is 0 Å². The zero-order chi connectivity index (χ0) is 16.2. The highest BCUT2D eigenvalue weighted by Gasteiger charge is 2.24. The Hall–Kier alpha value is -2.32. The van der Waals surface area contributed by atoms with E-state index in [0.29, 0.717) is 18.4 Å². The predicted octanol–water partition coefficient (Wildman–Crippen LogP) is 2.20. The highest BCUT2D eigenvalue weighted by Crippen LogP contribution is 2.19. The number of likely N-dealkylation sites (N-methyl/N-ethyl adjacent to an activating group) is 1. The van der Waals surface area contributed by atoms with Crippen LogP contribution in [0.25, 0.3) is 16.6 Å². The monoisotopic (exact) mass is 311 g/mol. The van der Waals surface area contributed by atoms with E-state index < -0.39 is 0 Å². The first-order valence-electron chi connectivity index (χ1n) is 8.28. The minimum absolute atomic E-state index is 0.120. The lowest BCUT2D eigenvalue weighted by atomic mass is 9.94. The number of nitrogens with one attached hydrogen (secondary N) is 2. The molecular weight excluding hydrogens is 288 g/mol. The van der Waals surface area contributed by atoms with E-state index in [4.69, 9.17) is 0 Å². The molecule has 0 aliphatic heterocycles. The molecule has 3 rings (SSSR count). The van der Waals surface area contributed by atoms with Crippen molar-refractivity contribution in [3.8, 4) is 6.07 Å². The van der Waals surface area contributed by atoms with Gasteiger partial charge in [0, 0.05) is 0 Å². The summed E-state index contributed by atoms with van der Waals surface area (Å²) >= 11 is 0. The Balaban J connectivity index is 1.82. The molecule has 1 aromatic carbocycles. The van der Waals surface area contributed by atoms with Gasteiger partial charge in [-0.15, -0.1) is 0 Å². The number of rotatable bonds is 4. The fraction of sp³-hybridized carbons (Fsp3) is 0.444. The Bertz CT molecular complexity index is 717. The van der Waals surface area contributed by atoms with Crippen LogP contribution in [0.1, 0.15) is 37.9 Å². The lowest BCUT2D eigenvalue weighted by Gasteiger charge is -2.28. The summed E-state index contributed by atoms with van der Waals surface area (Å²) in [5.74, 6) is 0.567. The van der Waals surface area contributed by atoms with Gasteiger partial charge in [0.1, 0.15) is 18.2 Å². The molecule has 1 aliphatic carbocycles. The molecule has 1 aliphatic rings. The number of fused-ring (bicyclic) bond motifs is 1. The second-order valence-electron chi connectivity index (χ2n) is 6.39. The summed E-state index contributed by atoms with van der Waals surface area (Å²) in [4.78, 5) is 8.81. The average Bonchev–Trinajstić information content (AvgIpc) is 2.99. The number of aromatic amines is 1. The number of H-pyrrole nitrogens is 1. The van der Waals surface area contributed by atoms with Crippen LogP contribution in [0.2, 0.25) is 0 Å². The molecule has 1 atom stereocenters. The molecule has 0 bridgehead atoms. The van der Waals surface area contributed by atoms with Gasteiger partial charge in [-0.2, -0.15) is 5.26 Å². The average molecular weight is 311 g/mol. The van der Waals surface area contributed by atoms with Crippen molar-refractivity contribution in [2.75, 3.05) is 13.6 Å². The van der Waals surface area contributed by atoms with Gasteiger partial charge in [0.2, 0.25) is 0 Å². The van der Waals surface area contributed by atoms with Crippen LogP contribution in [0.15, 0.2) is 30.0 Å². The number of nitrogens with zero attached hydrogens (tertiary/aromatic N) is 2. The van der Waals surface area contributed by atoms with E-state index in [1.54, 1.807) is 0 Å². The van der Waals surface area contributed by atoms with E-state index in [0.717, 1.165) is 11.0 Å². The van der Waals surface area contributed by atoms with Gasteiger partial charge in [-0.1, -0.05) is 18.6 Å². The van der Waals surface area contributed by atoms with Gasteiger partial charge < -0.3 is 15.0 Å². The minimum Gasteiger partial charge on any atom is -0.506 e. The first-order valence-corrected chi connectivity index (χ1v) is 8.28. The third kappa shape index (κ3) is 3.38. The van der Waals surface area contributed by atoms with Gasteiger partial charge in [-0.3, -0.25) is 0 Å². The number of hydrogen-bond donors (Lipinski definition) is 3. The Morgan fingerprint density at radius 1 is 1.35 bits per heavy atom. The van der Waals surface area contributed by atoms with E-state index in [1.165, 1.54) is 37.0 Å². The standard InChI is InChI=1S/C18H22N4O/c1-22(13-7-3-2-4-8-13)12-17(23)14(11-19)18-20-15-9-5-6-10-16(15)21-18/h5-6,9-10,13,23H,2-4,7-8,12H2,1H3,(H,20,21)/p+1. The maximum Gasteiger partial charge on any atom is 0.169 e. The number of quaternary nitrogens is 1. The molecule has 0 spiro atoms. The number of imidazole rings is 1. The topological polar surface area (TPSA) is 77.1 Å². The van der Waals surface area contributed by atoms with Gasteiger partial charge in [0.25, 0.3) is 0 Å². The fourth-order valence-corrected chi connectivity index (χ4v) is 3.42. The molecule has 1 aromatic heterocycles. The first-order chi connectivity index (χ1) is 11.2. The lowest BCUT2D eigenvalue weighted by Crippen LogP contribution is -3.13. The molecular formula is C18H23N4O+. The van der Waals surface area contributed by atoms with Crippen molar-refractivity contribution >= 4 is 16.6 Å². The largest absolute Gasteiger partial charge is 0.506 e. The second kappa shape index (κ2) is 6.84. The van der Waals surface area contributed by atoms with Crippen molar-refractivity contribution in [1.82, 2.24) is 9.97 Å². The van der Waals surface area contributed by atoms with Gasteiger partial charge in [0.15, 0.2) is 11.6 Å². The molecule has 0 radical (unpaired) electrons. The molecule has 1 fully saturated rings. The predicted molar refractivity (Wildman–Crippen MR) is 89.9 cm³/mol. The summed E-state index contributed by atoms with van der Waals surface area (Å²) in [7, 11) is 2.10. The Kier molecular flexibility index (Phi) is 4.63. The summed E-state index contributed by atoms with van der Waals surface area (Å²) in [6, 6.07) is 10.3. The normalized spacial score (nSPS) is 18.4. The van der Waals surface area contributed by atoms with E-state index in [2.05, 4.69) is 23.1 Å². The maximum atomic E-state index is 10.5. The number of para-hydroxylation sites is 2. The van der Waals surface area contributed by atoms with E-state index in [-0.39, 0.29) is 11.3 Å². The molecule has 2 aromatic rings.